The molecule has 6 nitrogen and oxygen atoms in total. The third-order valence-corrected chi connectivity index (χ3v) is 7.30. The summed E-state index contributed by atoms with van der Waals surface area (Å²) in [5, 5.41) is 10.1. The van der Waals surface area contributed by atoms with Crippen LogP contribution in [0.15, 0.2) is 89.0 Å². The van der Waals surface area contributed by atoms with Gasteiger partial charge in [-0.05, 0) is 42.3 Å². The van der Waals surface area contributed by atoms with Crippen LogP contribution in [0.25, 0.3) is 0 Å². The lowest BCUT2D eigenvalue weighted by atomic mass is 9.99. The van der Waals surface area contributed by atoms with Crippen LogP contribution in [0.4, 0.5) is 5.69 Å². The van der Waals surface area contributed by atoms with E-state index in [0.29, 0.717) is 22.3 Å². The molecule has 3 aromatic carbocycles. The Morgan fingerprint density at radius 3 is 2.49 bits per heavy atom. The molecule has 2 heterocycles. The number of benzene rings is 3. The van der Waals surface area contributed by atoms with Gasteiger partial charge in [0.2, 0.25) is 5.91 Å². The van der Waals surface area contributed by atoms with Crippen LogP contribution >= 0.6 is 23.4 Å². The van der Waals surface area contributed by atoms with Gasteiger partial charge in [0.15, 0.2) is 5.17 Å². The molecule has 8 heteroatoms. The SMILES string of the molecule is Cc1ccc(NC(=O)C[C@H]2SC(N3N=C(c4ccccc4)C[C@H]3c3ccc(Cl)cc3)=NC2=O)cc1. The molecule has 0 aliphatic carbocycles. The predicted octanol–water partition coefficient (Wildman–Crippen LogP) is 5.83. The molecule has 0 aromatic heterocycles. The fourth-order valence-electron chi connectivity index (χ4n) is 4.06. The lowest BCUT2D eigenvalue weighted by Crippen LogP contribution is -2.25. The highest BCUT2D eigenvalue weighted by Crippen LogP contribution is 2.38. The zero-order valence-electron chi connectivity index (χ0n) is 19.0. The molecule has 2 atom stereocenters. The minimum atomic E-state index is -0.586. The standard InChI is InChI=1S/C27H23ClN4O2S/c1-17-7-13-21(14-8-17)29-25(33)16-24-26(34)30-27(35-24)32-23(19-9-11-20(28)12-10-19)15-22(31-32)18-5-3-2-4-6-18/h2-14,23-24H,15-16H2,1H3,(H,29,33)/t23-,24+/m0/s1. The van der Waals surface area contributed by atoms with Crippen LogP contribution in [-0.2, 0) is 9.59 Å². The fraction of sp³-hybridized carbons (Fsp3) is 0.185. The van der Waals surface area contributed by atoms with E-state index >= 15 is 0 Å². The molecule has 35 heavy (non-hydrogen) atoms. The van der Waals surface area contributed by atoms with Crippen molar-refractivity contribution in [1.29, 1.82) is 0 Å². The number of amidine groups is 1. The molecule has 176 valence electrons. The van der Waals surface area contributed by atoms with Crippen LogP contribution in [0.5, 0.6) is 0 Å². The molecule has 2 amide bonds. The van der Waals surface area contributed by atoms with Crippen molar-refractivity contribution >= 4 is 51.7 Å². The van der Waals surface area contributed by atoms with Crippen molar-refractivity contribution in [3.63, 3.8) is 0 Å². The summed E-state index contributed by atoms with van der Waals surface area (Å²) in [4.78, 5) is 29.6. The van der Waals surface area contributed by atoms with Gasteiger partial charge >= 0.3 is 0 Å². The summed E-state index contributed by atoms with van der Waals surface area (Å²) in [6.07, 6.45) is 0.705. The minimum Gasteiger partial charge on any atom is -0.326 e. The monoisotopic (exact) mass is 502 g/mol. The largest absolute Gasteiger partial charge is 0.326 e. The molecule has 0 fully saturated rings. The van der Waals surface area contributed by atoms with E-state index in [1.54, 1.807) is 0 Å². The van der Waals surface area contributed by atoms with Gasteiger partial charge in [0.1, 0.15) is 5.25 Å². The van der Waals surface area contributed by atoms with Crippen molar-refractivity contribution in [3.05, 3.63) is 101 Å². The van der Waals surface area contributed by atoms with Gasteiger partial charge in [0, 0.05) is 23.6 Å². The number of aliphatic imine (C=N–C) groups is 1. The highest BCUT2D eigenvalue weighted by molar-refractivity contribution is 8.15. The van der Waals surface area contributed by atoms with Crippen molar-refractivity contribution in [2.75, 3.05) is 5.32 Å². The van der Waals surface area contributed by atoms with E-state index in [2.05, 4.69) is 10.3 Å². The molecular formula is C27H23ClN4O2S. The highest BCUT2D eigenvalue weighted by Gasteiger charge is 2.39. The Hall–Kier alpha value is -3.42. The first-order valence-electron chi connectivity index (χ1n) is 11.3. The van der Waals surface area contributed by atoms with Crippen LogP contribution in [0.2, 0.25) is 5.02 Å². The summed E-state index contributed by atoms with van der Waals surface area (Å²) in [5.74, 6) is -0.539. The average molecular weight is 503 g/mol. The van der Waals surface area contributed by atoms with Gasteiger partial charge in [-0.15, -0.1) is 0 Å². The minimum absolute atomic E-state index is 0.0408. The maximum Gasteiger partial charge on any atom is 0.262 e. The van der Waals surface area contributed by atoms with Crippen molar-refractivity contribution in [1.82, 2.24) is 5.01 Å². The van der Waals surface area contributed by atoms with Crippen molar-refractivity contribution in [2.24, 2.45) is 10.1 Å². The third kappa shape index (κ3) is 5.31. The zero-order valence-corrected chi connectivity index (χ0v) is 20.6. The van der Waals surface area contributed by atoms with E-state index in [-0.39, 0.29) is 24.3 Å². The normalized spacial score (nSPS) is 19.5. The van der Waals surface area contributed by atoms with Gasteiger partial charge in [-0.3, -0.25) is 9.59 Å². The van der Waals surface area contributed by atoms with Crippen LogP contribution in [0.1, 0.15) is 35.6 Å². The molecule has 0 bridgehead atoms. The Kier molecular flexibility index (Phi) is 6.70. The number of hydrogen-bond donors (Lipinski definition) is 1. The Balaban J connectivity index is 1.34. The number of carbonyl (C=O) groups is 2. The van der Waals surface area contributed by atoms with Crippen molar-refractivity contribution < 1.29 is 9.59 Å². The average Bonchev–Trinajstić information content (AvgIpc) is 3.46. The Labute approximate surface area is 213 Å². The van der Waals surface area contributed by atoms with Crippen molar-refractivity contribution in [3.8, 4) is 0 Å². The Morgan fingerprint density at radius 1 is 1.06 bits per heavy atom. The summed E-state index contributed by atoms with van der Waals surface area (Å²) < 4.78 is 0. The second kappa shape index (κ2) is 10.1. The van der Waals surface area contributed by atoms with E-state index in [1.165, 1.54) is 11.8 Å². The smallest absolute Gasteiger partial charge is 0.262 e. The van der Waals surface area contributed by atoms with E-state index in [4.69, 9.17) is 16.7 Å². The van der Waals surface area contributed by atoms with Gasteiger partial charge in [-0.2, -0.15) is 10.1 Å². The number of rotatable bonds is 5. The number of aryl methyl sites for hydroxylation is 1. The maximum atomic E-state index is 12.7. The summed E-state index contributed by atoms with van der Waals surface area (Å²) >= 11 is 7.39. The number of halogens is 1. The lowest BCUT2D eigenvalue weighted by molar-refractivity contribution is -0.121. The van der Waals surface area contributed by atoms with Crippen LogP contribution in [-0.4, -0.2) is 33.0 Å². The molecule has 0 saturated heterocycles. The fourth-order valence-corrected chi connectivity index (χ4v) is 5.25. The van der Waals surface area contributed by atoms with E-state index < -0.39 is 5.25 Å². The number of thioether (sulfide) groups is 1. The third-order valence-electron chi connectivity index (χ3n) is 5.90. The topological polar surface area (TPSA) is 74.1 Å². The van der Waals surface area contributed by atoms with Gasteiger partial charge in [-0.25, -0.2) is 5.01 Å². The van der Waals surface area contributed by atoms with Crippen LogP contribution in [0.3, 0.4) is 0 Å². The molecule has 0 saturated carbocycles. The summed E-state index contributed by atoms with van der Waals surface area (Å²) in [7, 11) is 0. The van der Waals surface area contributed by atoms with Crippen LogP contribution in [0, 0.1) is 6.92 Å². The molecular weight excluding hydrogens is 480 g/mol. The summed E-state index contributed by atoms with van der Waals surface area (Å²) in [6.45, 7) is 1.99. The highest BCUT2D eigenvalue weighted by atomic mass is 35.5. The number of anilines is 1. The number of nitrogens with one attached hydrogen (secondary N) is 1. The summed E-state index contributed by atoms with van der Waals surface area (Å²) in [6, 6.07) is 25.0. The maximum absolute atomic E-state index is 12.7. The first-order valence-corrected chi connectivity index (χ1v) is 12.6. The first kappa shape index (κ1) is 23.3. The number of hydrogen-bond acceptors (Lipinski definition) is 5. The molecule has 2 aliphatic rings. The quantitative estimate of drug-likeness (QED) is 0.476. The molecule has 0 spiro atoms. The van der Waals surface area contributed by atoms with Gasteiger partial charge < -0.3 is 5.32 Å². The molecule has 0 radical (unpaired) electrons. The van der Waals surface area contributed by atoms with E-state index in [0.717, 1.165) is 22.4 Å². The molecule has 5 rings (SSSR count). The second-order valence-electron chi connectivity index (χ2n) is 8.49. The molecule has 1 N–H and O–H groups in total. The van der Waals surface area contributed by atoms with Crippen molar-refractivity contribution in [2.45, 2.75) is 31.1 Å². The molecule has 2 aliphatic heterocycles. The number of hydrazone groups is 1. The number of carbonyl (C=O) groups excluding carboxylic acids is 2. The van der Waals surface area contributed by atoms with E-state index in [1.807, 2.05) is 90.8 Å². The van der Waals surface area contributed by atoms with E-state index in [9.17, 15) is 9.59 Å². The van der Waals surface area contributed by atoms with Gasteiger partial charge in [0.05, 0.1) is 11.8 Å². The predicted molar refractivity (Wildman–Crippen MR) is 142 cm³/mol. The second-order valence-corrected chi connectivity index (χ2v) is 10.1. The molecule has 0 unspecified atom stereocenters. The lowest BCUT2D eigenvalue weighted by Gasteiger charge is -2.23. The Morgan fingerprint density at radius 2 is 1.77 bits per heavy atom. The van der Waals surface area contributed by atoms with Gasteiger partial charge in [-0.1, -0.05) is 83.5 Å². The summed E-state index contributed by atoms with van der Waals surface area (Å²) in [5.41, 5.74) is 4.79. The molecule has 3 aromatic rings. The Bertz CT molecular complexity index is 1310. The first-order chi connectivity index (χ1) is 17.0. The number of amides is 2. The number of nitrogens with zero attached hydrogens (tertiary/aromatic N) is 3. The van der Waals surface area contributed by atoms with Crippen LogP contribution < -0.4 is 5.32 Å². The van der Waals surface area contributed by atoms with Gasteiger partial charge in [0.25, 0.3) is 5.91 Å². The zero-order chi connectivity index (χ0) is 24.4.